The maximum Gasteiger partial charge on any atom is 0.271 e. The predicted molar refractivity (Wildman–Crippen MR) is 90.2 cm³/mol. The fraction of sp³-hybridized carbons (Fsp3) is 0.0667. The molecule has 2 aromatic heterocycles. The molecule has 3 rings (SSSR count). The second-order valence-corrected chi connectivity index (χ2v) is 7.89. The molecule has 0 amide bonds. The van der Waals surface area contributed by atoms with Gasteiger partial charge in [-0.05, 0) is 42.8 Å². The predicted octanol–water partition coefficient (Wildman–Crippen LogP) is 2.61. The molecule has 0 fully saturated rings. The average Bonchev–Trinajstić information content (AvgIpc) is 2.98. The van der Waals surface area contributed by atoms with Gasteiger partial charge < -0.3 is 0 Å². The van der Waals surface area contributed by atoms with Crippen molar-refractivity contribution in [2.45, 2.75) is 11.1 Å². The number of nitrogens with one attached hydrogen (secondary N) is 2. The highest BCUT2D eigenvalue weighted by Crippen LogP contribution is 2.30. The van der Waals surface area contributed by atoms with Crippen LogP contribution in [0.15, 0.2) is 57.5 Å². The van der Waals surface area contributed by atoms with Crippen LogP contribution in [0.25, 0.3) is 10.6 Å². The summed E-state index contributed by atoms with van der Waals surface area (Å²) in [6.45, 7) is 1.89. The molecule has 118 valence electrons. The van der Waals surface area contributed by atoms with E-state index in [4.69, 9.17) is 0 Å². The Morgan fingerprint density at radius 2 is 1.96 bits per heavy atom. The Balaban J connectivity index is 1.89. The summed E-state index contributed by atoms with van der Waals surface area (Å²) in [4.78, 5) is 11.7. The van der Waals surface area contributed by atoms with E-state index in [9.17, 15) is 13.2 Å². The van der Waals surface area contributed by atoms with Gasteiger partial charge in [-0.2, -0.15) is 5.10 Å². The Kier molecular flexibility index (Phi) is 4.01. The fourth-order valence-electron chi connectivity index (χ4n) is 2.00. The number of sulfonamides is 1. The van der Waals surface area contributed by atoms with Crippen molar-refractivity contribution in [3.63, 3.8) is 0 Å². The van der Waals surface area contributed by atoms with Crippen molar-refractivity contribution in [2.24, 2.45) is 0 Å². The van der Waals surface area contributed by atoms with E-state index >= 15 is 0 Å². The van der Waals surface area contributed by atoms with Crippen LogP contribution in [-0.2, 0) is 10.0 Å². The van der Waals surface area contributed by atoms with Crippen molar-refractivity contribution in [1.29, 1.82) is 0 Å². The molecule has 0 aliphatic carbocycles. The van der Waals surface area contributed by atoms with E-state index < -0.39 is 10.0 Å². The standard InChI is InChI=1S/C15H13N3O3S2/c1-10-3-2-4-11(9-10)18-23(20,21)15-8-6-13(22-15)12-5-7-14(19)17-16-12/h2-9,18H,1H3,(H,17,19). The van der Waals surface area contributed by atoms with Crippen LogP contribution in [0.3, 0.4) is 0 Å². The molecule has 3 aromatic rings. The van der Waals surface area contributed by atoms with Crippen LogP contribution in [0.1, 0.15) is 5.56 Å². The van der Waals surface area contributed by atoms with Crippen LogP contribution in [-0.4, -0.2) is 18.6 Å². The molecule has 0 spiro atoms. The Morgan fingerprint density at radius 1 is 1.13 bits per heavy atom. The van der Waals surface area contributed by atoms with E-state index in [-0.39, 0.29) is 9.77 Å². The second-order valence-electron chi connectivity index (χ2n) is 4.90. The van der Waals surface area contributed by atoms with Crippen LogP contribution in [0.2, 0.25) is 0 Å². The monoisotopic (exact) mass is 347 g/mol. The first kappa shape index (κ1) is 15.4. The lowest BCUT2D eigenvalue weighted by atomic mass is 10.2. The van der Waals surface area contributed by atoms with Crippen LogP contribution in [0, 0.1) is 6.92 Å². The number of aromatic nitrogens is 2. The highest BCUT2D eigenvalue weighted by Gasteiger charge is 2.18. The molecule has 6 nitrogen and oxygen atoms in total. The van der Waals surface area contributed by atoms with Gasteiger partial charge in [0.1, 0.15) is 9.90 Å². The number of thiophene rings is 1. The molecular formula is C15H13N3O3S2. The maximum atomic E-state index is 12.4. The van der Waals surface area contributed by atoms with Crippen molar-refractivity contribution in [1.82, 2.24) is 10.2 Å². The van der Waals surface area contributed by atoms with Crippen LogP contribution >= 0.6 is 11.3 Å². The largest absolute Gasteiger partial charge is 0.279 e. The van der Waals surface area contributed by atoms with E-state index in [0.29, 0.717) is 16.3 Å². The molecule has 0 saturated carbocycles. The first-order chi connectivity index (χ1) is 10.9. The maximum absolute atomic E-state index is 12.4. The van der Waals surface area contributed by atoms with Crippen molar-refractivity contribution in [3.05, 3.63) is 64.4 Å². The Labute approximate surface area is 136 Å². The van der Waals surface area contributed by atoms with Crippen molar-refractivity contribution in [2.75, 3.05) is 4.72 Å². The molecule has 0 radical (unpaired) electrons. The third kappa shape index (κ3) is 3.49. The number of benzene rings is 1. The van der Waals surface area contributed by atoms with E-state index in [2.05, 4.69) is 14.9 Å². The summed E-state index contributed by atoms with van der Waals surface area (Å²) < 4.78 is 27.6. The number of aryl methyl sites for hydroxylation is 1. The molecular weight excluding hydrogens is 334 g/mol. The van der Waals surface area contributed by atoms with E-state index in [1.165, 1.54) is 12.1 Å². The lowest BCUT2D eigenvalue weighted by Gasteiger charge is -2.06. The summed E-state index contributed by atoms with van der Waals surface area (Å²) >= 11 is 1.09. The zero-order chi connectivity index (χ0) is 16.4. The topological polar surface area (TPSA) is 91.9 Å². The zero-order valence-corrected chi connectivity index (χ0v) is 13.7. The average molecular weight is 347 g/mol. The van der Waals surface area contributed by atoms with Crippen molar-refractivity contribution < 1.29 is 8.42 Å². The van der Waals surface area contributed by atoms with Crippen molar-refractivity contribution in [3.8, 4) is 10.6 Å². The van der Waals surface area contributed by atoms with E-state index in [0.717, 1.165) is 16.9 Å². The normalized spacial score (nSPS) is 11.3. The highest BCUT2D eigenvalue weighted by atomic mass is 32.2. The van der Waals surface area contributed by atoms with Gasteiger partial charge in [0.05, 0.1) is 4.88 Å². The van der Waals surface area contributed by atoms with Crippen LogP contribution in [0.5, 0.6) is 0 Å². The number of hydrogen-bond donors (Lipinski definition) is 2. The second kappa shape index (κ2) is 5.98. The molecule has 8 heteroatoms. The van der Waals surface area contributed by atoms with Crippen LogP contribution < -0.4 is 10.3 Å². The van der Waals surface area contributed by atoms with Gasteiger partial charge in [-0.1, -0.05) is 12.1 Å². The third-order valence-electron chi connectivity index (χ3n) is 3.05. The van der Waals surface area contributed by atoms with Gasteiger partial charge in [0, 0.05) is 11.8 Å². The minimum atomic E-state index is -3.66. The van der Waals surface area contributed by atoms with Gasteiger partial charge in [-0.25, -0.2) is 13.5 Å². The van der Waals surface area contributed by atoms with Crippen LogP contribution in [0.4, 0.5) is 5.69 Å². The highest BCUT2D eigenvalue weighted by molar-refractivity contribution is 7.94. The Hall–Kier alpha value is -2.45. The first-order valence-electron chi connectivity index (χ1n) is 6.69. The number of anilines is 1. The number of aromatic amines is 1. The Bertz CT molecular complexity index is 986. The quantitative estimate of drug-likeness (QED) is 0.759. The van der Waals surface area contributed by atoms with Gasteiger partial charge in [0.25, 0.3) is 15.6 Å². The number of rotatable bonds is 4. The summed E-state index contributed by atoms with van der Waals surface area (Å²) in [5.41, 5.74) is 1.70. The fourth-order valence-corrected chi connectivity index (χ4v) is 4.32. The lowest BCUT2D eigenvalue weighted by molar-refractivity contribution is 0.603. The zero-order valence-electron chi connectivity index (χ0n) is 12.1. The first-order valence-corrected chi connectivity index (χ1v) is 8.99. The summed E-state index contributed by atoms with van der Waals surface area (Å²) in [5.74, 6) is 0. The minimum Gasteiger partial charge on any atom is -0.279 e. The van der Waals surface area contributed by atoms with Gasteiger partial charge in [-0.3, -0.25) is 9.52 Å². The molecule has 0 unspecified atom stereocenters. The smallest absolute Gasteiger partial charge is 0.271 e. The van der Waals surface area contributed by atoms with E-state index in [1.54, 1.807) is 30.3 Å². The molecule has 0 aliphatic rings. The van der Waals surface area contributed by atoms with E-state index in [1.807, 2.05) is 13.0 Å². The minimum absolute atomic E-state index is 0.182. The summed E-state index contributed by atoms with van der Waals surface area (Å²) in [7, 11) is -3.66. The van der Waals surface area contributed by atoms with Gasteiger partial charge in [0.2, 0.25) is 0 Å². The molecule has 0 saturated heterocycles. The molecule has 0 bridgehead atoms. The number of hydrogen-bond acceptors (Lipinski definition) is 5. The summed E-state index contributed by atoms with van der Waals surface area (Å²) in [5, 5.41) is 6.23. The summed E-state index contributed by atoms with van der Waals surface area (Å²) in [6.07, 6.45) is 0. The van der Waals surface area contributed by atoms with Gasteiger partial charge >= 0.3 is 0 Å². The molecule has 0 aliphatic heterocycles. The molecule has 2 N–H and O–H groups in total. The van der Waals surface area contributed by atoms with Crippen molar-refractivity contribution >= 4 is 27.0 Å². The molecule has 23 heavy (non-hydrogen) atoms. The molecule has 1 aromatic carbocycles. The SMILES string of the molecule is Cc1cccc(NS(=O)(=O)c2ccc(-c3ccc(=O)[nH]n3)s2)c1. The number of nitrogens with zero attached hydrogens (tertiary/aromatic N) is 1. The lowest BCUT2D eigenvalue weighted by Crippen LogP contribution is -2.11. The molecule has 0 atom stereocenters. The Morgan fingerprint density at radius 3 is 2.65 bits per heavy atom. The van der Waals surface area contributed by atoms with Gasteiger partial charge in [0.15, 0.2) is 0 Å². The third-order valence-corrected chi connectivity index (χ3v) is 6.03. The van der Waals surface area contributed by atoms with Gasteiger partial charge in [-0.15, -0.1) is 11.3 Å². The molecule has 2 heterocycles. The number of H-pyrrole nitrogens is 1. The summed E-state index contributed by atoms with van der Waals surface area (Å²) in [6, 6.07) is 13.2.